The second-order valence-electron chi connectivity index (χ2n) is 9.03. The van der Waals surface area contributed by atoms with Crippen LogP contribution in [0.1, 0.15) is 45.6 Å². The minimum Gasteiger partial charge on any atom is -0.452 e. The molecule has 1 heterocycles. The van der Waals surface area contributed by atoms with Gasteiger partial charge in [0.15, 0.2) is 6.61 Å². The molecule has 2 bridgehead atoms. The second-order valence-corrected chi connectivity index (χ2v) is 9.03. The summed E-state index contributed by atoms with van der Waals surface area (Å²) >= 11 is 0. The number of benzene rings is 1. The molecule has 1 amide bonds. The summed E-state index contributed by atoms with van der Waals surface area (Å²) in [5, 5.41) is 10.6. The number of nitro benzene ring substituents is 1. The molecular formula is C21H26N2O5. The van der Waals surface area contributed by atoms with E-state index in [4.69, 9.17) is 4.74 Å². The first-order chi connectivity index (χ1) is 13.1. The van der Waals surface area contributed by atoms with E-state index in [1.165, 1.54) is 24.3 Å². The van der Waals surface area contributed by atoms with Crippen molar-refractivity contribution in [1.29, 1.82) is 0 Å². The van der Waals surface area contributed by atoms with Gasteiger partial charge in [0, 0.05) is 30.8 Å². The number of rotatable bonds is 5. The fourth-order valence-electron chi connectivity index (χ4n) is 4.89. The van der Waals surface area contributed by atoms with Gasteiger partial charge >= 0.3 is 5.97 Å². The first kappa shape index (κ1) is 20.0. The van der Waals surface area contributed by atoms with Crippen molar-refractivity contribution < 1.29 is 19.2 Å². The number of likely N-dealkylation sites (tertiary alicyclic amines) is 1. The van der Waals surface area contributed by atoms with Crippen LogP contribution < -0.4 is 0 Å². The molecule has 150 valence electrons. The molecule has 0 radical (unpaired) electrons. The quantitative estimate of drug-likeness (QED) is 0.334. The average molecular weight is 386 g/mol. The van der Waals surface area contributed by atoms with Gasteiger partial charge in [0.1, 0.15) is 0 Å². The number of carbonyl (C=O) groups is 2. The Morgan fingerprint density at radius 3 is 2.57 bits per heavy atom. The third-order valence-electron chi connectivity index (χ3n) is 5.59. The molecule has 2 aliphatic rings. The van der Waals surface area contributed by atoms with Crippen molar-refractivity contribution in [2.24, 2.45) is 10.8 Å². The third-order valence-corrected chi connectivity index (χ3v) is 5.59. The number of fused-ring (bicyclic) bond motifs is 2. The summed E-state index contributed by atoms with van der Waals surface area (Å²) in [5.74, 6) is -0.760. The lowest BCUT2D eigenvalue weighted by molar-refractivity contribution is -0.384. The zero-order valence-corrected chi connectivity index (χ0v) is 16.5. The first-order valence-corrected chi connectivity index (χ1v) is 9.46. The van der Waals surface area contributed by atoms with E-state index in [0.717, 1.165) is 25.8 Å². The summed E-state index contributed by atoms with van der Waals surface area (Å²) in [7, 11) is 0. The maximum Gasteiger partial charge on any atom is 0.331 e. The molecule has 2 fully saturated rings. The predicted molar refractivity (Wildman–Crippen MR) is 104 cm³/mol. The lowest BCUT2D eigenvalue weighted by Gasteiger charge is -2.39. The maximum atomic E-state index is 12.6. The van der Waals surface area contributed by atoms with Crippen molar-refractivity contribution in [3.63, 3.8) is 0 Å². The maximum absolute atomic E-state index is 12.6. The van der Waals surface area contributed by atoms with Crippen LogP contribution in [0.15, 0.2) is 30.3 Å². The number of amides is 1. The minimum absolute atomic E-state index is 0.0157. The van der Waals surface area contributed by atoms with Crippen molar-refractivity contribution in [3.8, 4) is 0 Å². The third kappa shape index (κ3) is 4.58. The van der Waals surface area contributed by atoms with E-state index in [9.17, 15) is 19.7 Å². The van der Waals surface area contributed by atoms with Crippen LogP contribution >= 0.6 is 0 Å². The van der Waals surface area contributed by atoms with Gasteiger partial charge in [-0.3, -0.25) is 14.9 Å². The highest BCUT2D eigenvalue weighted by Crippen LogP contribution is 2.52. The van der Waals surface area contributed by atoms with Crippen LogP contribution in [-0.2, 0) is 14.3 Å². The Morgan fingerprint density at radius 2 is 1.93 bits per heavy atom. The summed E-state index contributed by atoms with van der Waals surface area (Å²) in [4.78, 5) is 36.5. The van der Waals surface area contributed by atoms with Crippen molar-refractivity contribution in [3.05, 3.63) is 46.0 Å². The summed E-state index contributed by atoms with van der Waals surface area (Å²) in [6.45, 7) is 7.17. The van der Waals surface area contributed by atoms with Crippen molar-refractivity contribution in [2.45, 2.75) is 46.1 Å². The van der Waals surface area contributed by atoms with Crippen LogP contribution in [0.5, 0.6) is 0 Å². The number of carbonyl (C=O) groups excluding carboxylic acids is 2. The summed E-state index contributed by atoms with van der Waals surface area (Å²) in [6.07, 6.45) is 5.81. The molecule has 0 unspecified atom stereocenters. The number of non-ortho nitro benzene ring substituents is 1. The number of hydrogen-bond donors (Lipinski definition) is 0. The van der Waals surface area contributed by atoms with E-state index < -0.39 is 10.9 Å². The molecule has 1 aromatic rings. The van der Waals surface area contributed by atoms with Gasteiger partial charge in [0.2, 0.25) is 0 Å². The normalized spacial score (nSPS) is 25.7. The Kier molecular flexibility index (Phi) is 5.28. The van der Waals surface area contributed by atoms with Gasteiger partial charge < -0.3 is 9.64 Å². The van der Waals surface area contributed by atoms with Crippen LogP contribution in [0, 0.1) is 20.9 Å². The Hall–Kier alpha value is -2.70. The molecule has 1 aromatic carbocycles. The first-order valence-electron chi connectivity index (χ1n) is 9.46. The number of nitrogens with zero attached hydrogens (tertiary/aromatic N) is 2. The molecule has 1 aliphatic carbocycles. The van der Waals surface area contributed by atoms with Crippen LogP contribution in [-0.4, -0.2) is 40.9 Å². The number of hydrogen-bond acceptors (Lipinski definition) is 5. The lowest BCUT2D eigenvalue weighted by atomic mass is 9.65. The van der Waals surface area contributed by atoms with Gasteiger partial charge in [-0.15, -0.1) is 0 Å². The smallest absolute Gasteiger partial charge is 0.331 e. The monoisotopic (exact) mass is 386 g/mol. The SMILES string of the molecule is CC1(C)C[C@H]2C[C@](C)(CN2C(=O)COC(=O)/C=C/c2ccc([N+](=O)[O-])cc2)C1. The summed E-state index contributed by atoms with van der Waals surface area (Å²) in [5.41, 5.74) is 0.981. The van der Waals surface area contributed by atoms with E-state index in [2.05, 4.69) is 20.8 Å². The fraction of sp³-hybridized carbons (Fsp3) is 0.524. The van der Waals surface area contributed by atoms with Crippen LogP contribution in [0.2, 0.25) is 0 Å². The highest BCUT2D eigenvalue weighted by Gasteiger charge is 2.50. The molecule has 1 saturated heterocycles. The molecule has 2 atom stereocenters. The van der Waals surface area contributed by atoms with E-state index in [0.29, 0.717) is 5.56 Å². The van der Waals surface area contributed by atoms with Gasteiger partial charge in [-0.1, -0.05) is 20.8 Å². The zero-order chi connectivity index (χ0) is 20.5. The Bertz CT molecular complexity index is 815. The molecule has 0 aromatic heterocycles. The topological polar surface area (TPSA) is 89.8 Å². The van der Waals surface area contributed by atoms with Gasteiger partial charge in [0.25, 0.3) is 11.6 Å². The van der Waals surface area contributed by atoms with Crippen LogP contribution in [0.4, 0.5) is 5.69 Å². The van der Waals surface area contributed by atoms with E-state index in [1.807, 2.05) is 4.90 Å². The van der Waals surface area contributed by atoms with E-state index in [1.54, 1.807) is 12.1 Å². The Labute approximate surface area is 164 Å². The molecule has 3 rings (SSSR count). The molecule has 7 nitrogen and oxygen atoms in total. The van der Waals surface area contributed by atoms with Crippen LogP contribution in [0.25, 0.3) is 6.08 Å². The molecule has 0 N–H and O–H groups in total. The summed E-state index contributed by atoms with van der Waals surface area (Å²) < 4.78 is 5.11. The molecule has 1 aliphatic heterocycles. The highest BCUT2D eigenvalue weighted by atomic mass is 16.6. The average Bonchev–Trinajstić information content (AvgIpc) is 2.87. The molecule has 7 heteroatoms. The van der Waals surface area contributed by atoms with Gasteiger partial charge in [-0.25, -0.2) is 4.79 Å². The number of ether oxygens (including phenoxy) is 1. The predicted octanol–water partition coefficient (Wildman–Crippen LogP) is 3.58. The fourth-order valence-corrected chi connectivity index (χ4v) is 4.89. The Balaban J connectivity index is 1.52. The van der Waals surface area contributed by atoms with Gasteiger partial charge in [-0.05, 0) is 53.9 Å². The summed E-state index contributed by atoms with van der Waals surface area (Å²) in [6, 6.07) is 6.03. The molecule has 0 spiro atoms. The molecule has 1 saturated carbocycles. The second kappa shape index (κ2) is 7.37. The Morgan fingerprint density at radius 1 is 1.25 bits per heavy atom. The van der Waals surface area contributed by atoms with E-state index >= 15 is 0 Å². The van der Waals surface area contributed by atoms with Gasteiger partial charge in [-0.2, -0.15) is 0 Å². The van der Waals surface area contributed by atoms with E-state index in [-0.39, 0.29) is 35.1 Å². The van der Waals surface area contributed by atoms with Gasteiger partial charge in [0.05, 0.1) is 4.92 Å². The van der Waals surface area contributed by atoms with Crippen LogP contribution in [0.3, 0.4) is 0 Å². The highest BCUT2D eigenvalue weighted by molar-refractivity contribution is 5.89. The van der Waals surface area contributed by atoms with Crippen molar-refractivity contribution in [2.75, 3.05) is 13.2 Å². The number of esters is 1. The zero-order valence-electron chi connectivity index (χ0n) is 16.5. The van der Waals surface area contributed by atoms with Crippen molar-refractivity contribution in [1.82, 2.24) is 4.90 Å². The molecule has 28 heavy (non-hydrogen) atoms. The number of nitro groups is 1. The standard InChI is InChI=1S/C21H26N2O5/c1-20(2)10-17-11-21(3,13-20)14-22(17)18(24)12-28-19(25)9-6-15-4-7-16(8-5-15)23(26)27/h4-9,17H,10-14H2,1-3H3/b9-6+/t17-,21-/m0/s1. The van der Waals surface area contributed by atoms with Crippen molar-refractivity contribution >= 4 is 23.6 Å². The molecular weight excluding hydrogens is 360 g/mol. The largest absolute Gasteiger partial charge is 0.452 e. The minimum atomic E-state index is -0.611. The lowest BCUT2D eigenvalue weighted by Crippen LogP contribution is -2.39.